The number of carbonyl (C=O) groups is 1. The van der Waals surface area contributed by atoms with Gasteiger partial charge in [0, 0.05) is 22.0 Å². The molecule has 3 aromatic carbocycles. The Hall–Kier alpha value is -4.45. The molecule has 0 aliphatic rings. The Morgan fingerprint density at radius 3 is 2.71 bits per heavy atom. The van der Waals surface area contributed by atoms with Crippen molar-refractivity contribution in [3.8, 4) is 5.75 Å². The number of aromatic nitrogens is 2. The van der Waals surface area contributed by atoms with E-state index in [0.717, 1.165) is 4.68 Å². The van der Waals surface area contributed by atoms with E-state index in [1.165, 1.54) is 42.6 Å². The van der Waals surface area contributed by atoms with E-state index >= 15 is 0 Å². The third kappa shape index (κ3) is 5.75. The van der Waals surface area contributed by atoms with Gasteiger partial charge in [-0.1, -0.05) is 48.0 Å². The summed E-state index contributed by atoms with van der Waals surface area (Å²) < 4.78 is 21.2. The summed E-state index contributed by atoms with van der Waals surface area (Å²) in [5.74, 6) is -1.38. The standard InChI is InChI=1S/C26H21BrFN5O5/c1-15(2)25-31-20-11-10-17(27)12-18(20)26(35)32(25)29-13-16-6-5-9-22(33(36)37)24(16)38-14-23(34)30-21-8-4-3-7-19(21)28/h3-13,15H,14H2,1-2H3,(H,30,34). The number of hydrogen-bond donors (Lipinski definition) is 1. The molecular formula is C26H21BrFN5O5. The van der Waals surface area contributed by atoms with E-state index in [9.17, 15) is 24.1 Å². The summed E-state index contributed by atoms with van der Waals surface area (Å²) in [6.45, 7) is 3.08. The zero-order valence-corrected chi connectivity index (χ0v) is 21.8. The summed E-state index contributed by atoms with van der Waals surface area (Å²) in [6, 6.07) is 14.8. The van der Waals surface area contributed by atoms with Gasteiger partial charge in [0.05, 0.1) is 27.7 Å². The number of nitro groups is 1. The summed E-state index contributed by atoms with van der Waals surface area (Å²) in [5.41, 5.74) is -0.234. The Bertz CT molecular complexity index is 1640. The fraction of sp³-hybridized carbons (Fsp3) is 0.154. The second kappa shape index (κ2) is 11.3. The lowest BCUT2D eigenvalue weighted by atomic mass is 10.2. The number of halogens is 2. The van der Waals surface area contributed by atoms with Gasteiger partial charge in [0.25, 0.3) is 11.5 Å². The largest absolute Gasteiger partial charge is 0.476 e. The zero-order chi connectivity index (χ0) is 27.4. The molecule has 0 fully saturated rings. The maximum atomic E-state index is 13.9. The number of anilines is 1. The molecule has 0 bridgehead atoms. The fourth-order valence-electron chi connectivity index (χ4n) is 3.60. The Morgan fingerprint density at radius 1 is 1.24 bits per heavy atom. The van der Waals surface area contributed by atoms with Crippen LogP contribution in [0.2, 0.25) is 0 Å². The van der Waals surface area contributed by atoms with Crippen molar-refractivity contribution in [2.45, 2.75) is 19.8 Å². The van der Waals surface area contributed by atoms with Gasteiger partial charge in [0.15, 0.2) is 6.61 Å². The van der Waals surface area contributed by atoms with Crippen LogP contribution in [0, 0.1) is 15.9 Å². The van der Waals surface area contributed by atoms with Gasteiger partial charge in [-0.05, 0) is 36.4 Å². The van der Waals surface area contributed by atoms with E-state index < -0.39 is 34.5 Å². The van der Waals surface area contributed by atoms with Crippen LogP contribution >= 0.6 is 15.9 Å². The highest BCUT2D eigenvalue weighted by Gasteiger charge is 2.20. The first-order valence-corrected chi connectivity index (χ1v) is 12.2. The maximum Gasteiger partial charge on any atom is 0.311 e. The van der Waals surface area contributed by atoms with Crippen molar-refractivity contribution < 1.29 is 18.8 Å². The molecule has 1 N–H and O–H groups in total. The average molecular weight is 582 g/mol. The Labute approximate surface area is 224 Å². The maximum absolute atomic E-state index is 13.9. The molecule has 0 saturated heterocycles. The Morgan fingerprint density at radius 2 is 2.00 bits per heavy atom. The number of ether oxygens (including phenoxy) is 1. The lowest BCUT2D eigenvalue weighted by molar-refractivity contribution is -0.385. The van der Waals surface area contributed by atoms with Crippen LogP contribution in [0.25, 0.3) is 10.9 Å². The molecule has 0 aliphatic heterocycles. The van der Waals surface area contributed by atoms with E-state index in [1.807, 2.05) is 13.8 Å². The van der Waals surface area contributed by atoms with Crippen molar-refractivity contribution >= 4 is 50.3 Å². The highest BCUT2D eigenvalue weighted by atomic mass is 79.9. The minimum Gasteiger partial charge on any atom is -0.476 e. The van der Waals surface area contributed by atoms with Gasteiger partial charge in [-0.25, -0.2) is 9.37 Å². The molecule has 0 spiro atoms. The minimum atomic E-state index is -0.723. The third-order valence-corrected chi connectivity index (χ3v) is 5.87. The van der Waals surface area contributed by atoms with Crippen LogP contribution in [-0.2, 0) is 4.79 Å². The van der Waals surface area contributed by atoms with Gasteiger partial charge in [-0.15, -0.1) is 0 Å². The number of hydrogen-bond acceptors (Lipinski definition) is 7. The number of nitrogens with one attached hydrogen (secondary N) is 1. The number of amides is 1. The van der Waals surface area contributed by atoms with E-state index in [2.05, 4.69) is 31.3 Å². The normalized spacial score (nSPS) is 11.3. The molecule has 0 aliphatic carbocycles. The van der Waals surface area contributed by atoms with E-state index in [1.54, 1.807) is 24.3 Å². The molecule has 0 atom stereocenters. The van der Waals surface area contributed by atoms with Crippen molar-refractivity contribution in [2.24, 2.45) is 5.10 Å². The van der Waals surface area contributed by atoms with Crippen LogP contribution in [-0.4, -0.2) is 33.3 Å². The average Bonchev–Trinajstić information content (AvgIpc) is 2.88. The van der Waals surface area contributed by atoms with Crippen LogP contribution in [0.3, 0.4) is 0 Å². The van der Waals surface area contributed by atoms with E-state index in [0.29, 0.717) is 21.2 Å². The number of rotatable bonds is 8. The predicted octanol–water partition coefficient (Wildman–Crippen LogP) is 5.23. The van der Waals surface area contributed by atoms with Crippen molar-refractivity contribution in [3.63, 3.8) is 0 Å². The SMILES string of the molecule is CC(C)c1nc2ccc(Br)cc2c(=O)n1N=Cc1cccc([N+](=O)[O-])c1OCC(=O)Nc1ccccc1F. The zero-order valence-electron chi connectivity index (χ0n) is 20.2. The quantitative estimate of drug-likeness (QED) is 0.172. The summed E-state index contributed by atoms with van der Waals surface area (Å²) in [4.78, 5) is 41.2. The molecule has 1 heterocycles. The molecule has 0 saturated carbocycles. The van der Waals surface area contributed by atoms with Gasteiger partial charge in [-0.2, -0.15) is 9.78 Å². The summed E-state index contributed by atoms with van der Waals surface area (Å²) >= 11 is 3.35. The molecule has 0 unspecified atom stereocenters. The number of para-hydroxylation sites is 2. The Balaban J connectivity index is 1.70. The van der Waals surface area contributed by atoms with Crippen LogP contribution < -0.4 is 15.6 Å². The molecule has 12 heteroatoms. The smallest absolute Gasteiger partial charge is 0.311 e. The van der Waals surface area contributed by atoms with Crippen LogP contribution in [0.15, 0.2) is 75.0 Å². The van der Waals surface area contributed by atoms with Gasteiger partial charge in [0.2, 0.25) is 5.75 Å². The number of fused-ring (bicyclic) bond motifs is 1. The fourth-order valence-corrected chi connectivity index (χ4v) is 3.96. The van der Waals surface area contributed by atoms with Crippen LogP contribution in [0.5, 0.6) is 5.75 Å². The highest BCUT2D eigenvalue weighted by molar-refractivity contribution is 9.10. The van der Waals surface area contributed by atoms with E-state index in [-0.39, 0.29) is 22.9 Å². The van der Waals surface area contributed by atoms with Crippen molar-refractivity contribution in [1.29, 1.82) is 0 Å². The summed E-state index contributed by atoms with van der Waals surface area (Å²) in [6.07, 6.45) is 1.23. The molecular weight excluding hydrogens is 561 g/mol. The molecule has 1 aromatic heterocycles. The molecule has 38 heavy (non-hydrogen) atoms. The monoisotopic (exact) mass is 581 g/mol. The first-order valence-electron chi connectivity index (χ1n) is 11.4. The predicted molar refractivity (Wildman–Crippen MR) is 144 cm³/mol. The molecule has 1 amide bonds. The van der Waals surface area contributed by atoms with Crippen LogP contribution in [0.1, 0.15) is 31.2 Å². The first-order chi connectivity index (χ1) is 18.2. The number of benzene rings is 3. The summed E-state index contributed by atoms with van der Waals surface area (Å²) in [5, 5.41) is 18.6. The van der Waals surface area contributed by atoms with Gasteiger partial charge < -0.3 is 10.1 Å². The first kappa shape index (κ1) is 26.6. The van der Waals surface area contributed by atoms with Crippen LogP contribution in [0.4, 0.5) is 15.8 Å². The number of carbonyl (C=O) groups excluding carboxylic acids is 1. The number of nitro benzene ring substituents is 1. The van der Waals surface area contributed by atoms with Gasteiger partial charge >= 0.3 is 5.69 Å². The summed E-state index contributed by atoms with van der Waals surface area (Å²) in [7, 11) is 0. The van der Waals surface area contributed by atoms with Crippen molar-refractivity contribution in [2.75, 3.05) is 11.9 Å². The lowest BCUT2D eigenvalue weighted by Crippen LogP contribution is -2.23. The molecule has 4 aromatic rings. The molecule has 194 valence electrons. The minimum absolute atomic E-state index is 0.0542. The molecule has 0 radical (unpaired) electrons. The van der Waals surface area contributed by atoms with Crippen molar-refractivity contribution in [1.82, 2.24) is 9.66 Å². The molecule has 10 nitrogen and oxygen atoms in total. The third-order valence-electron chi connectivity index (χ3n) is 5.38. The highest BCUT2D eigenvalue weighted by Crippen LogP contribution is 2.30. The molecule has 4 rings (SSSR count). The lowest BCUT2D eigenvalue weighted by Gasteiger charge is -2.13. The van der Waals surface area contributed by atoms with Crippen molar-refractivity contribution in [3.05, 3.63) is 103 Å². The second-order valence-corrected chi connectivity index (χ2v) is 9.33. The topological polar surface area (TPSA) is 129 Å². The second-order valence-electron chi connectivity index (χ2n) is 8.42. The van der Waals surface area contributed by atoms with Gasteiger partial charge in [-0.3, -0.25) is 19.7 Å². The van der Waals surface area contributed by atoms with E-state index in [4.69, 9.17) is 4.74 Å². The van der Waals surface area contributed by atoms with Gasteiger partial charge in [0.1, 0.15) is 11.6 Å². The number of nitrogens with zero attached hydrogens (tertiary/aromatic N) is 4. The Kier molecular flexibility index (Phi) is 7.91.